The highest BCUT2D eigenvalue weighted by molar-refractivity contribution is 5.77. The lowest BCUT2D eigenvalue weighted by Gasteiger charge is -2.31. The Morgan fingerprint density at radius 3 is 2.41 bits per heavy atom. The number of pyridine rings is 1. The van der Waals surface area contributed by atoms with Gasteiger partial charge in [-0.2, -0.15) is 0 Å². The van der Waals surface area contributed by atoms with Crippen LogP contribution in [0.4, 0.5) is 5.95 Å². The van der Waals surface area contributed by atoms with E-state index in [4.69, 9.17) is 4.98 Å². The van der Waals surface area contributed by atoms with Gasteiger partial charge in [0.25, 0.3) is 0 Å². The number of aryl methyl sites for hydroxylation is 1. The van der Waals surface area contributed by atoms with Crippen molar-refractivity contribution in [1.29, 1.82) is 0 Å². The molecule has 1 fully saturated rings. The highest BCUT2D eigenvalue weighted by atomic mass is 15.5. The molecule has 4 aromatic heterocycles. The van der Waals surface area contributed by atoms with E-state index in [-0.39, 0.29) is 6.04 Å². The van der Waals surface area contributed by atoms with Gasteiger partial charge in [0.05, 0.1) is 11.7 Å². The van der Waals surface area contributed by atoms with E-state index >= 15 is 0 Å². The molecule has 0 radical (unpaired) electrons. The summed E-state index contributed by atoms with van der Waals surface area (Å²) in [6.07, 6.45) is 10.1. The maximum absolute atomic E-state index is 4.72. The van der Waals surface area contributed by atoms with Crippen LogP contribution in [0, 0.1) is 0 Å². The quantitative estimate of drug-likeness (QED) is 0.396. The molecule has 0 atom stereocenters. The fraction of sp³-hybridized carbons (Fsp3) is 0.304. The SMILES string of the molecule is CCc1cnc(N2CCC(n3nnc4cc(-c5ccc(-n6cnnn6)cc5)cnc43)CC2)nc1. The number of piperidine rings is 1. The molecule has 1 aliphatic heterocycles. The Hall–Kier alpha value is -4.28. The molecule has 0 unspecified atom stereocenters. The molecule has 5 aromatic rings. The number of benzene rings is 1. The molecule has 0 saturated carbocycles. The van der Waals surface area contributed by atoms with Crippen molar-refractivity contribution in [2.24, 2.45) is 0 Å². The van der Waals surface area contributed by atoms with Crippen molar-refractivity contribution in [1.82, 2.24) is 50.2 Å². The van der Waals surface area contributed by atoms with E-state index < -0.39 is 0 Å². The first-order valence-electron chi connectivity index (χ1n) is 11.4. The molecule has 0 amide bonds. The van der Waals surface area contributed by atoms with Crippen LogP contribution in [0.25, 0.3) is 28.0 Å². The van der Waals surface area contributed by atoms with Crippen molar-refractivity contribution < 1.29 is 0 Å². The number of tetrazole rings is 1. The first-order valence-corrected chi connectivity index (χ1v) is 11.4. The third-order valence-electron chi connectivity index (χ3n) is 6.32. The molecule has 1 aliphatic rings. The number of aromatic nitrogens is 10. The molecule has 34 heavy (non-hydrogen) atoms. The molecule has 11 heteroatoms. The van der Waals surface area contributed by atoms with Gasteiger partial charge in [-0.1, -0.05) is 24.3 Å². The number of nitrogens with zero attached hydrogens (tertiary/aromatic N) is 11. The van der Waals surface area contributed by atoms with E-state index in [0.29, 0.717) is 0 Å². The van der Waals surface area contributed by atoms with E-state index in [1.807, 2.05) is 53.6 Å². The first kappa shape index (κ1) is 20.3. The predicted octanol–water partition coefficient (Wildman–Crippen LogP) is 2.66. The summed E-state index contributed by atoms with van der Waals surface area (Å²) < 4.78 is 3.59. The van der Waals surface area contributed by atoms with Gasteiger partial charge < -0.3 is 4.90 Å². The zero-order chi connectivity index (χ0) is 22.9. The lowest BCUT2D eigenvalue weighted by atomic mass is 10.1. The molecule has 11 nitrogen and oxygen atoms in total. The molecule has 1 aromatic carbocycles. The average Bonchev–Trinajstić information content (AvgIpc) is 3.59. The summed E-state index contributed by atoms with van der Waals surface area (Å²) in [4.78, 5) is 16.0. The molecule has 6 rings (SSSR count). The number of hydrogen-bond donors (Lipinski definition) is 0. The smallest absolute Gasteiger partial charge is 0.225 e. The Morgan fingerprint density at radius 2 is 1.71 bits per heavy atom. The topological polar surface area (TPSA) is 116 Å². The molecule has 0 N–H and O–H groups in total. The number of anilines is 1. The summed E-state index contributed by atoms with van der Waals surface area (Å²) in [5, 5.41) is 20.1. The summed E-state index contributed by atoms with van der Waals surface area (Å²) >= 11 is 0. The first-order chi connectivity index (χ1) is 16.8. The third-order valence-corrected chi connectivity index (χ3v) is 6.32. The monoisotopic (exact) mass is 453 g/mol. The predicted molar refractivity (Wildman–Crippen MR) is 125 cm³/mol. The minimum absolute atomic E-state index is 0.255. The maximum atomic E-state index is 4.72. The summed E-state index contributed by atoms with van der Waals surface area (Å²) in [7, 11) is 0. The second-order valence-corrected chi connectivity index (χ2v) is 8.37. The number of hydrogen-bond acceptors (Lipinski definition) is 9. The van der Waals surface area contributed by atoms with Gasteiger partial charge in [-0.25, -0.2) is 24.3 Å². The van der Waals surface area contributed by atoms with E-state index in [2.05, 4.69) is 47.6 Å². The lowest BCUT2D eigenvalue weighted by molar-refractivity contribution is 0.365. The fourth-order valence-electron chi connectivity index (χ4n) is 4.33. The molecule has 0 spiro atoms. The summed E-state index contributed by atoms with van der Waals surface area (Å²) in [5.41, 5.74) is 5.70. The Labute approximate surface area is 195 Å². The van der Waals surface area contributed by atoms with Crippen molar-refractivity contribution in [3.8, 4) is 16.8 Å². The minimum atomic E-state index is 0.255. The highest BCUT2D eigenvalue weighted by Crippen LogP contribution is 2.28. The van der Waals surface area contributed by atoms with Crippen LogP contribution in [0.2, 0.25) is 0 Å². The van der Waals surface area contributed by atoms with Gasteiger partial charge >= 0.3 is 0 Å². The van der Waals surface area contributed by atoms with E-state index in [1.54, 1.807) is 11.0 Å². The van der Waals surface area contributed by atoms with Crippen LogP contribution in [0.3, 0.4) is 0 Å². The molecular weight excluding hydrogens is 430 g/mol. The van der Waals surface area contributed by atoms with Crippen molar-refractivity contribution in [3.63, 3.8) is 0 Å². The van der Waals surface area contributed by atoms with Crippen LogP contribution in [0.15, 0.2) is 55.2 Å². The lowest BCUT2D eigenvalue weighted by Crippen LogP contribution is -2.36. The van der Waals surface area contributed by atoms with Crippen LogP contribution in [0.5, 0.6) is 0 Å². The molecule has 5 heterocycles. The van der Waals surface area contributed by atoms with Gasteiger partial charge in [-0.15, -0.1) is 10.2 Å². The normalized spacial score (nSPS) is 14.7. The van der Waals surface area contributed by atoms with Crippen LogP contribution in [-0.2, 0) is 6.42 Å². The van der Waals surface area contributed by atoms with Crippen molar-refractivity contribution in [3.05, 3.63) is 60.8 Å². The van der Waals surface area contributed by atoms with Gasteiger partial charge in [0, 0.05) is 37.2 Å². The van der Waals surface area contributed by atoms with E-state index in [1.165, 1.54) is 0 Å². The Morgan fingerprint density at radius 1 is 0.912 bits per heavy atom. The molecule has 0 aliphatic carbocycles. The summed E-state index contributed by atoms with van der Waals surface area (Å²) in [5.74, 6) is 0.799. The van der Waals surface area contributed by atoms with Gasteiger partial charge in [0.2, 0.25) is 5.95 Å². The highest BCUT2D eigenvalue weighted by Gasteiger charge is 2.25. The van der Waals surface area contributed by atoms with Gasteiger partial charge in [-0.05, 0) is 59.0 Å². The fourth-order valence-corrected chi connectivity index (χ4v) is 4.33. The zero-order valence-electron chi connectivity index (χ0n) is 18.7. The maximum Gasteiger partial charge on any atom is 0.225 e. The van der Waals surface area contributed by atoms with Crippen LogP contribution in [-0.4, -0.2) is 63.2 Å². The van der Waals surface area contributed by atoms with Crippen molar-refractivity contribution in [2.45, 2.75) is 32.2 Å². The second kappa shape index (κ2) is 8.58. The minimum Gasteiger partial charge on any atom is -0.341 e. The number of rotatable bonds is 5. The standard InChI is InChI=1S/C23H23N11/c1-2-16-12-25-23(26-13-16)32-9-7-20(8-10-32)34-22-21(28-30-34)11-18(14-24-22)17-3-5-19(6-4-17)33-15-27-29-31-33/h3-6,11-15,20H,2,7-10H2,1H3. The van der Waals surface area contributed by atoms with Crippen LogP contribution >= 0.6 is 0 Å². The van der Waals surface area contributed by atoms with Gasteiger partial charge in [-0.3, -0.25) is 0 Å². The Kier molecular flexibility index (Phi) is 5.13. The summed E-state index contributed by atoms with van der Waals surface area (Å²) in [6, 6.07) is 10.3. The van der Waals surface area contributed by atoms with E-state index in [9.17, 15) is 0 Å². The summed E-state index contributed by atoms with van der Waals surface area (Å²) in [6.45, 7) is 3.87. The molecule has 1 saturated heterocycles. The molecular formula is C23H23N11. The molecule has 170 valence electrons. The zero-order valence-corrected chi connectivity index (χ0v) is 18.7. The Balaban J connectivity index is 1.18. The molecule has 0 bridgehead atoms. The number of fused-ring (bicyclic) bond motifs is 1. The largest absolute Gasteiger partial charge is 0.341 e. The second-order valence-electron chi connectivity index (χ2n) is 8.37. The average molecular weight is 454 g/mol. The van der Waals surface area contributed by atoms with Crippen molar-refractivity contribution in [2.75, 3.05) is 18.0 Å². The van der Waals surface area contributed by atoms with Crippen LogP contribution in [0.1, 0.15) is 31.4 Å². The van der Waals surface area contributed by atoms with E-state index in [0.717, 1.165) is 71.8 Å². The Bertz CT molecular complexity index is 1380. The van der Waals surface area contributed by atoms with Gasteiger partial charge in [0.1, 0.15) is 11.8 Å². The van der Waals surface area contributed by atoms with Gasteiger partial charge in [0.15, 0.2) is 5.65 Å². The third kappa shape index (κ3) is 3.74. The van der Waals surface area contributed by atoms with Crippen LogP contribution < -0.4 is 4.90 Å². The van der Waals surface area contributed by atoms with Crippen molar-refractivity contribution >= 4 is 17.1 Å².